The predicted octanol–water partition coefficient (Wildman–Crippen LogP) is 2.37. The Kier molecular flexibility index (Phi) is 8.78. The fraction of sp³-hybridized carbons (Fsp3) is 0.556. The maximum atomic E-state index is 11.9. The third kappa shape index (κ3) is 6.57. The number of methoxy groups -OCH3 is 1. The molecule has 30 heavy (non-hydrogen) atoms. The van der Waals surface area contributed by atoms with Crippen molar-refractivity contribution < 1.29 is 33.8 Å². The Balaban J connectivity index is 1.59. The van der Waals surface area contributed by atoms with Gasteiger partial charge in [-0.25, -0.2) is 9.59 Å². The highest BCUT2D eigenvalue weighted by Crippen LogP contribution is 2.18. The van der Waals surface area contributed by atoms with Crippen molar-refractivity contribution in [3.63, 3.8) is 0 Å². The molecule has 0 aliphatic carbocycles. The molecule has 12 heteroatoms. The van der Waals surface area contributed by atoms with Gasteiger partial charge in [0.1, 0.15) is 6.61 Å². The van der Waals surface area contributed by atoms with Crippen LogP contribution >= 0.6 is 0 Å². The number of hydrogen-bond donors (Lipinski definition) is 0. The third-order valence-corrected chi connectivity index (χ3v) is 4.47. The molecular weight excluding hydrogens is 400 g/mol. The van der Waals surface area contributed by atoms with E-state index in [9.17, 15) is 24.9 Å². The number of non-ortho nitro benzene ring substituents is 1. The second-order valence-corrected chi connectivity index (χ2v) is 6.51. The summed E-state index contributed by atoms with van der Waals surface area (Å²) in [5.41, 5.74) is 0.143. The van der Waals surface area contributed by atoms with Crippen LogP contribution in [0.2, 0.25) is 0 Å². The molecule has 164 valence electrons. The van der Waals surface area contributed by atoms with Crippen LogP contribution in [0.15, 0.2) is 29.5 Å². The number of nitrogens with zero attached hydrogens (tertiary/aromatic N) is 4. The van der Waals surface area contributed by atoms with E-state index in [1.54, 1.807) is 0 Å². The maximum Gasteiger partial charge on any atom is 0.338 e. The Morgan fingerprint density at radius 1 is 1.17 bits per heavy atom. The molecule has 1 heterocycles. The van der Waals surface area contributed by atoms with Crippen LogP contribution in [0.5, 0.6) is 0 Å². The van der Waals surface area contributed by atoms with Crippen molar-refractivity contribution in [2.75, 3.05) is 26.9 Å². The molecule has 0 radical (unpaired) electrons. The number of hydrogen-bond acceptors (Lipinski definition) is 9. The maximum absolute atomic E-state index is 11.9. The molecule has 0 N–H and O–H groups in total. The molecule has 0 saturated carbocycles. The lowest BCUT2D eigenvalue weighted by atomic mass is 10.2. The first-order valence-electron chi connectivity index (χ1n) is 9.50. The van der Waals surface area contributed by atoms with Gasteiger partial charge in [0.25, 0.3) is 5.69 Å². The zero-order valence-corrected chi connectivity index (χ0v) is 16.6. The molecule has 1 aliphatic rings. The number of hydrazine groups is 1. The number of unbranched alkanes of at least 4 members (excludes halogenated alkanes) is 2. The van der Waals surface area contributed by atoms with Gasteiger partial charge in [-0.2, -0.15) is 0 Å². The summed E-state index contributed by atoms with van der Waals surface area (Å²) in [5.74, 6) is -1.03. The Hall–Kier alpha value is -3.44. The molecule has 2 rings (SSSR count). The van der Waals surface area contributed by atoms with Crippen molar-refractivity contribution in [3.05, 3.63) is 45.2 Å². The molecule has 1 aromatic rings. The van der Waals surface area contributed by atoms with Gasteiger partial charge in [0.05, 0.1) is 35.7 Å². The lowest BCUT2D eigenvalue weighted by Gasteiger charge is -2.17. The van der Waals surface area contributed by atoms with Crippen LogP contribution in [0.3, 0.4) is 0 Å². The minimum atomic E-state index is -0.648. The van der Waals surface area contributed by atoms with E-state index in [1.165, 1.54) is 36.4 Å². The lowest BCUT2D eigenvalue weighted by Crippen LogP contribution is -2.41. The summed E-state index contributed by atoms with van der Waals surface area (Å²) in [6.45, 7) is 0.789. The van der Waals surface area contributed by atoms with Crippen LogP contribution in [0.1, 0.15) is 42.5 Å². The SMILES string of the molecule is COC(=O)[C@@H]1CCCN1/[N+]([O-])=N\OCCCCCOC(=O)c1ccc([N+](=O)[O-])cc1. The van der Waals surface area contributed by atoms with Crippen molar-refractivity contribution >= 4 is 17.6 Å². The van der Waals surface area contributed by atoms with E-state index < -0.39 is 22.9 Å². The standard InChI is InChI=1S/C18H24N4O8/c1-28-18(24)16-6-5-11-20(16)22(27)19-30-13-4-2-3-12-29-17(23)14-7-9-15(10-8-14)21(25)26/h7-10,16H,2-6,11-13H2,1H3/b22-19+/t16-/m0/s1. The van der Waals surface area contributed by atoms with E-state index in [1.807, 2.05) is 0 Å². The molecule has 12 nitrogen and oxygen atoms in total. The van der Waals surface area contributed by atoms with Gasteiger partial charge < -0.3 is 19.5 Å². The van der Waals surface area contributed by atoms with Crippen molar-refractivity contribution in [3.8, 4) is 0 Å². The van der Waals surface area contributed by atoms with E-state index in [-0.39, 0.29) is 29.4 Å². The molecule has 1 saturated heterocycles. The van der Waals surface area contributed by atoms with Gasteiger partial charge in [-0.1, -0.05) is 0 Å². The molecule has 0 unspecified atom stereocenters. The normalized spacial score (nSPS) is 16.2. The third-order valence-electron chi connectivity index (χ3n) is 4.47. The summed E-state index contributed by atoms with van der Waals surface area (Å²) >= 11 is 0. The van der Waals surface area contributed by atoms with Crippen molar-refractivity contribution in [1.82, 2.24) is 5.01 Å². The summed E-state index contributed by atoms with van der Waals surface area (Å²) in [6, 6.07) is 4.52. The molecule has 1 atom stereocenters. The Morgan fingerprint density at radius 2 is 1.87 bits per heavy atom. The van der Waals surface area contributed by atoms with Gasteiger partial charge in [-0.3, -0.25) is 10.1 Å². The number of rotatable bonds is 11. The van der Waals surface area contributed by atoms with Gasteiger partial charge in [0, 0.05) is 12.1 Å². The Labute approximate surface area is 172 Å². The minimum absolute atomic E-state index is 0.0980. The Morgan fingerprint density at radius 3 is 2.53 bits per heavy atom. The van der Waals surface area contributed by atoms with E-state index >= 15 is 0 Å². The number of benzene rings is 1. The molecule has 0 aromatic heterocycles. The van der Waals surface area contributed by atoms with Gasteiger partial charge in [-0.15, -0.1) is 5.01 Å². The van der Waals surface area contributed by atoms with Crippen LogP contribution in [0.25, 0.3) is 0 Å². The molecule has 0 bridgehead atoms. The first-order valence-corrected chi connectivity index (χ1v) is 9.50. The predicted molar refractivity (Wildman–Crippen MR) is 101 cm³/mol. The van der Waals surface area contributed by atoms with Crippen molar-refractivity contribution in [2.24, 2.45) is 5.28 Å². The molecule has 0 spiro atoms. The fourth-order valence-electron chi connectivity index (χ4n) is 2.88. The molecular formula is C18H24N4O8. The van der Waals surface area contributed by atoms with Crippen LogP contribution in [0.4, 0.5) is 5.69 Å². The van der Waals surface area contributed by atoms with E-state index in [0.717, 1.165) is 0 Å². The quantitative estimate of drug-likeness (QED) is 0.130. The second-order valence-electron chi connectivity index (χ2n) is 6.51. The van der Waals surface area contributed by atoms with E-state index in [4.69, 9.17) is 9.57 Å². The summed E-state index contributed by atoms with van der Waals surface area (Å²) in [6.07, 6.45) is 3.06. The molecule has 1 fully saturated rings. The van der Waals surface area contributed by atoms with Gasteiger partial charge in [0.2, 0.25) is 5.28 Å². The fourth-order valence-corrected chi connectivity index (χ4v) is 2.88. The number of carbonyl (C=O) groups is 2. The van der Waals surface area contributed by atoms with Crippen LogP contribution in [0, 0.1) is 15.3 Å². The number of nitro groups is 1. The Bertz CT molecular complexity index is 768. The van der Waals surface area contributed by atoms with Gasteiger partial charge >= 0.3 is 11.9 Å². The summed E-state index contributed by atoms with van der Waals surface area (Å²) < 4.78 is 9.77. The lowest BCUT2D eigenvalue weighted by molar-refractivity contribution is -0.712. The number of ether oxygens (including phenoxy) is 2. The van der Waals surface area contributed by atoms with E-state index in [0.29, 0.717) is 38.6 Å². The monoisotopic (exact) mass is 424 g/mol. The highest BCUT2D eigenvalue weighted by atomic mass is 16.7. The average Bonchev–Trinajstić information content (AvgIpc) is 3.24. The molecule has 0 amide bonds. The topological polar surface area (TPSA) is 147 Å². The van der Waals surface area contributed by atoms with Gasteiger partial charge in [-0.05, 0) is 44.2 Å². The highest BCUT2D eigenvalue weighted by Gasteiger charge is 2.37. The molecule has 1 aliphatic heterocycles. The largest absolute Gasteiger partial charge is 0.569 e. The minimum Gasteiger partial charge on any atom is -0.569 e. The highest BCUT2D eigenvalue weighted by molar-refractivity contribution is 5.89. The van der Waals surface area contributed by atoms with Crippen molar-refractivity contribution in [1.29, 1.82) is 0 Å². The first-order chi connectivity index (χ1) is 14.4. The average molecular weight is 424 g/mol. The van der Waals surface area contributed by atoms with Crippen LogP contribution in [-0.4, -0.2) is 59.8 Å². The summed E-state index contributed by atoms with van der Waals surface area (Å²) in [4.78, 5) is 38.8. The van der Waals surface area contributed by atoms with E-state index in [2.05, 4.69) is 10.0 Å². The summed E-state index contributed by atoms with van der Waals surface area (Å²) in [5, 5.41) is 27.2. The second kappa shape index (κ2) is 11.5. The zero-order chi connectivity index (χ0) is 21.9. The van der Waals surface area contributed by atoms with Crippen LogP contribution < -0.4 is 0 Å². The molecule has 1 aromatic carbocycles. The summed E-state index contributed by atoms with van der Waals surface area (Å²) in [7, 11) is 1.27. The van der Waals surface area contributed by atoms with Crippen LogP contribution in [-0.2, 0) is 19.1 Å². The number of nitro benzene ring substituents is 1. The zero-order valence-electron chi connectivity index (χ0n) is 16.6. The number of carbonyl (C=O) groups excluding carboxylic acids is 2. The van der Waals surface area contributed by atoms with Crippen molar-refractivity contribution in [2.45, 2.75) is 38.1 Å². The smallest absolute Gasteiger partial charge is 0.338 e. The van der Waals surface area contributed by atoms with Gasteiger partial charge in [0.15, 0.2) is 6.04 Å². The number of esters is 2. The first kappa shape index (κ1) is 22.8.